The summed E-state index contributed by atoms with van der Waals surface area (Å²) in [5.41, 5.74) is 0.514. The van der Waals surface area contributed by atoms with Gasteiger partial charge in [0.1, 0.15) is 24.7 Å². The Bertz CT molecular complexity index is 1280. The zero-order chi connectivity index (χ0) is 27.9. The van der Waals surface area contributed by atoms with Crippen LogP contribution in [0, 0.1) is 18.8 Å². The van der Waals surface area contributed by atoms with Crippen molar-refractivity contribution in [2.45, 2.75) is 31.0 Å². The second-order valence-electron chi connectivity index (χ2n) is 6.33. The summed E-state index contributed by atoms with van der Waals surface area (Å²) in [6, 6.07) is 1.05. The number of ether oxygens (including phenoxy) is 1. The van der Waals surface area contributed by atoms with Crippen LogP contribution in [-0.2, 0) is 31.6 Å². The highest BCUT2D eigenvalue weighted by Crippen LogP contribution is 2.66. The first kappa shape index (κ1) is 25.5. The number of alkyl halides is 2. The quantitative estimate of drug-likeness (QED) is 0.173. The number of nitrogens with two attached hydrogens (primary N) is 1. The lowest BCUT2D eigenvalue weighted by molar-refractivity contribution is -0.0543. The van der Waals surface area contributed by atoms with Crippen molar-refractivity contribution in [3.05, 3.63) is 22.2 Å². The normalized spacial score (nSPS) is 29.8. The van der Waals surface area contributed by atoms with Crippen molar-refractivity contribution < 1.29 is 67.8 Å². The molecule has 192 valence electrons. The van der Waals surface area contributed by atoms with Crippen LogP contribution < -0.4 is 11.4 Å². The number of nitrogen functional groups attached to an aromatic ring is 1. The van der Waals surface area contributed by atoms with Crippen molar-refractivity contribution in [1.82, 2.24) is 9.55 Å². The summed E-state index contributed by atoms with van der Waals surface area (Å²) in [6.45, 7) is -4.08. The predicted octanol–water partition coefficient (Wildman–Crippen LogP) is -0.583. The monoisotopic (exact) mass is 557 g/mol. The minimum Gasteiger partial charge on any atom is -0.386 e. The number of halogens is 2. The average molecular weight is 557 g/mol. The molecule has 2 heterocycles. The van der Waals surface area contributed by atoms with E-state index in [1.54, 1.807) is 11.8 Å². The molecule has 0 amide bonds. The molecule has 16 nitrogen and oxygen atoms in total. The zero-order valence-electron chi connectivity index (χ0n) is 18.6. The van der Waals surface area contributed by atoms with Gasteiger partial charge < -0.3 is 35.2 Å². The van der Waals surface area contributed by atoms with Crippen LogP contribution in [0.2, 0.25) is 0 Å². The number of aromatic nitrogens is 2. The highest BCUT2D eigenvalue weighted by molar-refractivity contribution is 7.66. The van der Waals surface area contributed by atoms with Crippen molar-refractivity contribution in [2.75, 3.05) is 19.0 Å². The smallest absolute Gasteiger partial charge is 0.386 e. The highest BCUT2D eigenvalue weighted by Gasteiger charge is 2.59. The third kappa shape index (κ3) is 6.98. The van der Waals surface area contributed by atoms with Gasteiger partial charge in [0, 0.05) is 5.69 Å². The Morgan fingerprint density at radius 3 is 2.47 bits per heavy atom. The van der Waals surface area contributed by atoms with E-state index >= 15 is 4.39 Å². The molecule has 1 fully saturated rings. The number of phosphoric acid groups is 3. The number of nitrogens with zero attached hydrogens (tertiary/aromatic N) is 2. The first-order valence-electron chi connectivity index (χ1n) is 9.43. The number of aliphatic hydroxyl groups is 1. The molecule has 0 spiro atoms. The molecule has 7 N–H and O–H groups in total. The van der Waals surface area contributed by atoms with E-state index < -0.39 is 66.5 Å². The maximum Gasteiger partial charge on any atom is 0.490 e. The van der Waals surface area contributed by atoms with E-state index in [0.29, 0.717) is 4.57 Å². The second kappa shape index (κ2) is 10.2. The summed E-state index contributed by atoms with van der Waals surface area (Å²) >= 11 is 0. The molecule has 2 rings (SSSR count). The second-order valence-corrected chi connectivity index (χ2v) is 10.7. The van der Waals surface area contributed by atoms with Crippen LogP contribution in [0.4, 0.5) is 14.6 Å². The third-order valence-corrected chi connectivity index (χ3v) is 7.46. The van der Waals surface area contributed by atoms with Crippen LogP contribution in [0.15, 0.2) is 10.9 Å². The van der Waals surface area contributed by atoms with Gasteiger partial charge in [-0.3, -0.25) is 9.09 Å². The van der Waals surface area contributed by atoms with Crippen molar-refractivity contribution in [2.24, 2.45) is 0 Å². The lowest BCUT2D eigenvalue weighted by Crippen LogP contribution is -2.45. The minimum atomic E-state index is -6.14. The van der Waals surface area contributed by atoms with Crippen molar-refractivity contribution >= 4 is 29.3 Å². The van der Waals surface area contributed by atoms with Crippen LogP contribution in [0.5, 0.6) is 0 Å². The van der Waals surface area contributed by atoms with Gasteiger partial charge in [-0.2, -0.15) is 13.6 Å². The predicted molar refractivity (Wildman–Crippen MR) is 105 cm³/mol. The van der Waals surface area contributed by atoms with E-state index in [4.69, 9.17) is 23.0 Å². The Morgan fingerprint density at radius 2 is 1.94 bits per heavy atom. The average Bonchev–Trinajstić information content (AvgIpc) is 2.88. The molecule has 0 aliphatic carbocycles. The van der Waals surface area contributed by atoms with E-state index in [9.17, 15) is 37.8 Å². The molecule has 1 aromatic heterocycles. The first-order valence-corrected chi connectivity index (χ1v) is 12.9. The van der Waals surface area contributed by atoms with Gasteiger partial charge in [-0.25, -0.2) is 27.3 Å². The topological polar surface area (TPSA) is 250 Å². The van der Waals surface area contributed by atoms with Crippen molar-refractivity contribution in [3.63, 3.8) is 0 Å². The number of hydrogen-bond acceptors (Lipinski definition) is 11. The highest BCUT2D eigenvalue weighted by atomic mass is 31.3. The summed E-state index contributed by atoms with van der Waals surface area (Å²) in [4.78, 5) is 51.5. The largest absolute Gasteiger partial charge is 0.490 e. The summed E-state index contributed by atoms with van der Waals surface area (Å²) in [6.07, 6.45) is -7.82. The van der Waals surface area contributed by atoms with E-state index in [-0.39, 0.29) is 11.5 Å². The van der Waals surface area contributed by atoms with Crippen LogP contribution in [0.25, 0.3) is 0 Å². The molecule has 1 aliphatic heterocycles. The number of rotatable bonds is 8. The zero-order valence-corrected chi connectivity index (χ0v) is 19.3. The molecule has 3 unspecified atom stereocenters. The van der Waals surface area contributed by atoms with E-state index in [1.807, 2.05) is 0 Å². The van der Waals surface area contributed by atoms with Gasteiger partial charge in [-0.05, 0) is 13.0 Å². The summed E-state index contributed by atoms with van der Waals surface area (Å²) in [5, 5.41) is 10.5. The van der Waals surface area contributed by atoms with Crippen molar-refractivity contribution in [3.8, 4) is 11.8 Å². The number of aliphatic hydroxyl groups excluding tert-OH is 1. The van der Waals surface area contributed by atoms with Crippen molar-refractivity contribution in [1.29, 1.82) is 0 Å². The number of aryl methyl sites for hydroxylation is 1. The fraction of sp³-hybridized carbons (Fsp3) is 0.538. The Morgan fingerprint density at radius 1 is 1.32 bits per heavy atom. The fourth-order valence-corrected chi connectivity index (χ4v) is 5.53. The lowest BCUT2D eigenvalue weighted by Gasteiger charge is -2.25. The van der Waals surface area contributed by atoms with E-state index in [2.05, 4.69) is 18.1 Å². The Balaban J connectivity index is 2.48. The number of hydrogen-bond donors (Lipinski definition) is 6. The molecule has 6 atom stereocenters. The van der Waals surface area contributed by atoms with Gasteiger partial charge in [0.25, 0.3) is 0 Å². The first-order chi connectivity index (χ1) is 16.1. The molecule has 1 saturated heterocycles. The van der Waals surface area contributed by atoms with E-state index in [1.165, 1.54) is 6.92 Å². The van der Waals surface area contributed by atoms with Gasteiger partial charge in [0.05, 0.1) is 9.30 Å². The minimum absolute atomic E-state index is 0.150. The van der Waals surface area contributed by atoms with Crippen LogP contribution in [0.1, 0.15) is 14.7 Å². The van der Waals surface area contributed by atoms with Gasteiger partial charge >= 0.3 is 29.2 Å². The Labute approximate surface area is 191 Å². The fourth-order valence-electron chi connectivity index (χ4n) is 2.66. The van der Waals surface area contributed by atoms with Gasteiger partial charge in [0.2, 0.25) is 5.67 Å². The number of anilines is 1. The lowest BCUT2D eigenvalue weighted by atomic mass is 9.96. The standard InChI is InChI=1S/C13H18F2N3O13P3/c1-7-5-9(16)17-12(20)18(7)11-13(15,3-2-4-14)10(19)8(29-11)6-28-33(24,25)31-34(26,27)30-32(21,22)23/h5,8,10-11,19H,4,6H2,1H3,(H,24,25)(H,26,27)(H2,16,17,20)(H2,21,22,23)/t8-,10+,11-,13?/m1/s1/i6D2. The van der Waals surface area contributed by atoms with Crippen LogP contribution >= 0.6 is 23.5 Å². The molecule has 0 aromatic carbocycles. The summed E-state index contributed by atoms with van der Waals surface area (Å²) in [7, 11) is -18.0. The Hall–Kier alpha value is -1.57. The SMILES string of the molecule is [2H]C([2H])(OP(=O)(O)OP(=O)(O)OP(=O)(O)O)[C@H]1O[C@@H](n2c(C)cc(N)nc2=O)C(F)(C#CCF)[C@H]1O. The van der Waals surface area contributed by atoms with Crippen LogP contribution in [-0.4, -0.2) is 65.3 Å². The van der Waals surface area contributed by atoms with E-state index in [0.717, 1.165) is 6.07 Å². The number of phosphoric ester groups is 1. The maximum atomic E-state index is 15.9. The Kier molecular flexibility index (Phi) is 7.65. The van der Waals surface area contributed by atoms with Crippen LogP contribution in [0.3, 0.4) is 0 Å². The molecule has 34 heavy (non-hydrogen) atoms. The summed E-state index contributed by atoms with van der Waals surface area (Å²) in [5.74, 6) is 2.97. The van der Waals surface area contributed by atoms with Gasteiger partial charge in [-0.1, -0.05) is 11.8 Å². The molecule has 21 heteroatoms. The molecule has 0 bridgehead atoms. The van der Waals surface area contributed by atoms with Gasteiger partial charge in [0.15, 0.2) is 6.23 Å². The molecule has 1 aromatic rings. The molecule has 0 saturated carbocycles. The third-order valence-electron chi connectivity index (χ3n) is 3.80. The molecular weight excluding hydrogens is 537 g/mol. The summed E-state index contributed by atoms with van der Waals surface area (Å²) < 4.78 is 94.8. The molecule has 1 aliphatic rings. The maximum absolute atomic E-state index is 15.9. The molecular formula is C13H18F2N3O13P3. The van der Waals surface area contributed by atoms with Gasteiger partial charge in [-0.15, -0.1) is 0 Å². The molecule has 0 radical (unpaired) electrons.